The van der Waals surface area contributed by atoms with Gasteiger partial charge in [-0.25, -0.2) is 0 Å². The molecule has 0 bridgehead atoms. The Bertz CT molecular complexity index is 1170. The maximum Gasteiger partial charge on any atom is 0.355 e. The van der Waals surface area contributed by atoms with Crippen LogP contribution in [0.2, 0.25) is 0 Å². The Hall–Kier alpha value is -1.58. The van der Waals surface area contributed by atoms with Gasteiger partial charge in [-0.1, -0.05) is 151 Å². The van der Waals surface area contributed by atoms with E-state index in [2.05, 4.69) is 6.92 Å². The molecule has 0 heterocycles. The zero-order valence-corrected chi connectivity index (χ0v) is 30.0. The maximum atomic E-state index is 12.6. The van der Waals surface area contributed by atoms with E-state index in [0.717, 1.165) is 24.0 Å². The Kier molecular flexibility index (Phi) is 21.7. The molecular weight excluding hydrogens is 623 g/mol. The van der Waals surface area contributed by atoms with Crippen LogP contribution in [0.3, 0.4) is 0 Å². The summed E-state index contributed by atoms with van der Waals surface area (Å²) in [5.41, 5.74) is 1.83. The average molecular weight is 683 g/mol. The summed E-state index contributed by atoms with van der Waals surface area (Å²) in [6, 6.07) is 15.6. The molecule has 0 aromatic heterocycles. The largest absolute Gasteiger partial charge is 0.379 e. The lowest BCUT2D eigenvalue weighted by atomic mass is 10.0. The lowest BCUT2D eigenvalue weighted by Gasteiger charge is -2.20. The first-order chi connectivity index (χ1) is 22.2. The summed E-state index contributed by atoms with van der Waals surface area (Å²) in [5, 5.41) is 0. The molecule has 2 atom stereocenters. The van der Waals surface area contributed by atoms with Gasteiger partial charge in [0.05, 0.1) is 24.7 Å². The Balaban J connectivity index is 1.61. The van der Waals surface area contributed by atoms with E-state index in [-0.39, 0.29) is 24.7 Å². The van der Waals surface area contributed by atoms with Crippen LogP contribution in [0.1, 0.15) is 121 Å². The van der Waals surface area contributed by atoms with E-state index in [1.807, 2.05) is 37.3 Å². The Morgan fingerprint density at radius 2 is 1.24 bits per heavy atom. The molecule has 0 saturated heterocycles. The van der Waals surface area contributed by atoms with Gasteiger partial charge in [0.15, 0.2) is 6.35 Å². The second kappa shape index (κ2) is 24.5. The highest BCUT2D eigenvalue weighted by Gasteiger charge is 2.27. The normalized spacial score (nSPS) is 13.9. The van der Waals surface area contributed by atoms with Gasteiger partial charge in [-0.05, 0) is 31.0 Å². The van der Waals surface area contributed by atoms with E-state index < -0.39 is 30.2 Å². The monoisotopic (exact) mass is 682 g/mol. The average Bonchev–Trinajstić information content (AvgIpc) is 3.05. The number of aryl methyl sites for hydroxylation is 1. The van der Waals surface area contributed by atoms with E-state index in [0.29, 0.717) is 6.61 Å². The summed E-state index contributed by atoms with van der Waals surface area (Å²) in [4.78, 5) is 10.2. The highest BCUT2D eigenvalue weighted by Crippen LogP contribution is 2.42. The highest BCUT2D eigenvalue weighted by molar-refractivity contribution is 7.87. The molecule has 1 unspecified atom stereocenters. The second-order valence-electron chi connectivity index (χ2n) is 12.2. The molecular formula is C36H59O8PS. The number of ether oxygens (including phenoxy) is 2. The van der Waals surface area contributed by atoms with Crippen LogP contribution in [0.15, 0.2) is 59.5 Å². The summed E-state index contributed by atoms with van der Waals surface area (Å²) in [5.74, 6) is 0. The molecule has 0 aliphatic carbocycles. The van der Waals surface area contributed by atoms with Crippen molar-refractivity contribution in [3.05, 3.63) is 65.7 Å². The summed E-state index contributed by atoms with van der Waals surface area (Å²) in [7, 11) is -8.59. The fourth-order valence-electron chi connectivity index (χ4n) is 5.05. The third-order valence-corrected chi connectivity index (χ3v) is 10.4. The minimum Gasteiger partial charge on any atom is -0.379 e. The molecule has 0 aliphatic heterocycles. The molecule has 2 aromatic carbocycles. The minimum absolute atomic E-state index is 0.0929. The van der Waals surface area contributed by atoms with E-state index in [4.69, 9.17) is 18.2 Å². The van der Waals surface area contributed by atoms with Crippen LogP contribution in [0.4, 0.5) is 0 Å². The SMILES string of the molecule is CCCCCCCCCCCCCCCCCCOC[C@H](COP(=O)(O)COS(=O)(=O)c1ccc(C)cc1)OCc1ccccc1. The van der Waals surface area contributed by atoms with Crippen LogP contribution in [-0.4, -0.2) is 45.6 Å². The quantitative estimate of drug-likeness (QED) is 0.0513. The second-order valence-corrected chi connectivity index (χ2v) is 15.7. The van der Waals surface area contributed by atoms with Crippen molar-refractivity contribution in [1.29, 1.82) is 0 Å². The topological polar surface area (TPSA) is 108 Å². The molecule has 262 valence electrons. The molecule has 0 radical (unpaired) electrons. The van der Waals surface area contributed by atoms with Crippen molar-refractivity contribution in [2.24, 2.45) is 0 Å². The first kappa shape index (κ1) is 40.6. The van der Waals surface area contributed by atoms with E-state index in [9.17, 15) is 17.9 Å². The van der Waals surface area contributed by atoms with Crippen LogP contribution in [0.5, 0.6) is 0 Å². The van der Waals surface area contributed by atoms with Gasteiger partial charge >= 0.3 is 7.60 Å². The smallest absolute Gasteiger partial charge is 0.355 e. The standard InChI is InChI=1S/C36H59O8PS/c1-3-4-5-6-7-8-9-10-11-12-13-14-15-16-17-21-28-41-30-35(42-29-34-22-19-18-20-23-34)31-43-45(37,38)32-44-46(39,40)36-26-24-33(2)25-27-36/h18-20,22-27,35H,3-17,21,28-32H2,1-2H3,(H,37,38)/t35-/m1/s1. The van der Waals surface area contributed by atoms with Crippen LogP contribution in [0.25, 0.3) is 0 Å². The zero-order chi connectivity index (χ0) is 33.4. The van der Waals surface area contributed by atoms with Crippen molar-refractivity contribution < 1.29 is 36.1 Å². The molecule has 0 spiro atoms. The fraction of sp³-hybridized carbons (Fsp3) is 0.667. The van der Waals surface area contributed by atoms with Crippen molar-refractivity contribution >= 4 is 17.7 Å². The van der Waals surface area contributed by atoms with Gasteiger partial charge in [0, 0.05) is 6.61 Å². The fourth-order valence-corrected chi connectivity index (χ4v) is 7.21. The molecule has 0 aliphatic rings. The van der Waals surface area contributed by atoms with Crippen LogP contribution in [0, 0.1) is 6.92 Å². The molecule has 2 rings (SSSR count). The Morgan fingerprint density at radius 3 is 1.78 bits per heavy atom. The summed E-state index contributed by atoms with van der Waals surface area (Å²) < 4.78 is 59.3. The third-order valence-electron chi connectivity index (χ3n) is 7.92. The Morgan fingerprint density at radius 1 is 0.717 bits per heavy atom. The minimum atomic E-state index is -4.38. The predicted molar refractivity (Wildman–Crippen MR) is 185 cm³/mol. The number of hydrogen-bond donors (Lipinski definition) is 1. The van der Waals surface area contributed by atoms with Crippen molar-refractivity contribution in [2.75, 3.05) is 26.2 Å². The highest BCUT2D eigenvalue weighted by atomic mass is 32.2. The van der Waals surface area contributed by atoms with Gasteiger partial charge < -0.3 is 18.9 Å². The molecule has 46 heavy (non-hydrogen) atoms. The van der Waals surface area contributed by atoms with Gasteiger partial charge in [0.1, 0.15) is 6.10 Å². The van der Waals surface area contributed by atoms with Gasteiger partial charge in [-0.15, -0.1) is 0 Å². The van der Waals surface area contributed by atoms with Crippen LogP contribution >= 0.6 is 7.60 Å². The molecule has 0 amide bonds. The van der Waals surface area contributed by atoms with Gasteiger partial charge in [-0.2, -0.15) is 8.42 Å². The van der Waals surface area contributed by atoms with Gasteiger partial charge in [0.2, 0.25) is 0 Å². The molecule has 0 fully saturated rings. The number of benzene rings is 2. The number of unbranched alkanes of at least 4 members (excludes halogenated alkanes) is 15. The summed E-state index contributed by atoms with van der Waals surface area (Å²) in [6.07, 6.45) is 19.3. The van der Waals surface area contributed by atoms with Gasteiger partial charge in [0.25, 0.3) is 10.1 Å². The first-order valence-electron chi connectivity index (χ1n) is 17.4. The molecule has 2 aromatic rings. The predicted octanol–water partition coefficient (Wildman–Crippen LogP) is 9.72. The first-order valence-corrected chi connectivity index (χ1v) is 20.5. The number of hydrogen-bond acceptors (Lipinski definition) is 7. The van der Waals surface area contributed by atoms with Gasteiger partial charge in [-0.3, -0.25) is 8.75 Å². The van der Waals surface area contributed by atoms with E-state index >= 15 is 0 Å². The summed E-state index contributed by atoms with van der Waals surface area (Å²) >= 11 is 0. The number of rotatable bonds is 29. The molecule has 10 heteroatoms. The third kappa shape index (κ3) is 19.9. The molecule has 8 nitrogen and oxygen atoms in total. The lowest BCUT2D eigenvalue weighted by Crippen LogP contribution is -2.26. The van der Waals surface area contributed by atoms with E-state index in [1.165, 1.54) is 102 Å². The van der Waals surface area contributed by atoms with E-state index in [1.54, 1.807) is 12.1 Å². The summed E-state index contributed by atoms with van der Waals surface area (Å²) in [6.45, 7) is 4.89. The Labute approximate surface area is 279 Å². The van der Waals surface area contributed by atoms with Crippen molar-refractivity contribution in [3.8, 4) is 0 Å². The zero-order valence-electron chi connectivity index (χ0n) is 28.3. The van der Waals surface area contributed by atoms with Crippen molar-refractivity contribution in [1.82, 2.24) is 0 Å². The molecule has 1 N–H and O–H groups in total. The maximum absolute atomic E-state index is 12.6. The molecule has 0 saturated carbocycles. The van der Waals surface area contributed by atoms with Crippen molar-refractivity contribution in [3.63, 3.8) is 0 Å². The lowest BCUT2D eigenvalue weighted by molar-refractivity contribution is -0.0472. The van der Waals surface area contributed by atoms with Crippen molar-refractivity contribution in [2.45, 2.75) is 134 Å². The van der Waals surface area contributed by atoms with Crippen LogP contribution in [-0.2, 0) is 39.5 Å². The van der Waals surface area contributed by atoms with Crippen LogP contribution < -0.4 is 0 Å².